The van der Waals surface area contributed by atoms with E-state index < -0.39 is 14.9 Å². The Morgan fingerprint density at radius 3 is 2.41 bits per heavy atom. The topological polar surface area (TPSA) is 107 Å². The second-order valence-electron chi connectivity index (χ2n) is 6.17. The van der Waals surface area contributed by atoms with Crippen LogP contribution in [0.4, 0.5) is 5.69 Å². The highest BCUT2D eigenvalue weighted by molar-refractivity contribution is 7.89. The van der Waals surface area contributed by atoms with Gasteiger partial charge in [-0.3, -0.25) is 10.1 Å². The lowest BCUT2D eigenvalue weighted by atomic mass is 9.79. The summed E-state index contributed by atoms with van der Waals surface area (Å²) in [5.74, 6) is 0.712. The van der Waals surface area contributed by atoms with Crippen molar-refractivity contribution in [2.45, 2.75) is 30.2 Å². The van der Waals surface area contributed by atoms with E-state index in [0.29, 0.717) is 24.9 Å². The molecule has 22 heavy (non-hydrogen) atoms. The van der Waals surface area contributed by atoms with E-state index in [1.165, 1.54) is 28.6 Å². The third-order valence-corrected chi connectivity index (χ3v) is 6.59. The highest BCUT2D eigenvalue weighted by atomic mass is 32.2. The smallest absolute Gasteiger partial charge is 0.269 e. The number of nitro groups is 1. The minimum atomic E-state index is -3.59. The molecule has 7 nitrogen and oxygen atoms in total. The van der Waals surface area contributed by atoms with Crippen molar-refractivity contribution in [3.8, 4) is 0 Å². The molecule has 1 aromatic carbocycles. The summed E-state index contributed by atoms with van der Waals surface area (Å²) in [6.07, 6.45) is 2.79. The maximum atomic E-state index is 12.7. The fourth-order valence-electron chi connectivity index (χ4n) is 3.51. The zero-order chi connectivity index (χ0) is 15.9. The molecule has 1 aromatic rings. The summed E-state index contributed by atoms with van der Waals surface area (Å²) >= 11 is 0. The summed E-state index contributed by atoms with van der Waals surface area (Å²) < 4.78 is 26.8. The van der Waals surface area contributed by atoms with Gasteiger partial charge in [0, 0.05) is 31.3 Å². The molecule has 2 N–H and O–H groups in total. The lowest BCUT2D eigenvalue weighted by Gasteiger charge is -2.28. The first kappa shape index (κ1) is 15.4. The van der Waals surface area contributed by atoms with Crippen molar-refractivity contribution in [2.24, 2.45) is 17.6 Å². The summed E-state index contributed by atoms with van der Waals surface area (Å²) in [6, 6.07) is 5.24. The van der Waals surface area contributed by atoms with Crippen LogP contribution in [-0.2, 0) is 10.0 Å². The van der Waals surface area contributed by atoms with Crippen LogP contribution in [0.25, 0.3) is 0 Å². The fourth-order valence-corrected chi connectivity index (χ4v) is 5.06. The second-order valence-corrected chi connectivity index (χ2v) is 8.10. The monoisotopic (exact) mass is 325 g/mol. The van der Waals surface area contributed by atoms with Gasteiger partial charge in [-0.05, 0) is 43.2 Å². The van der Waals surface area contributed by atoms with Crippen molar-refractivity contribution in [1.82, 2.24) is 4.31 Å². The van der Waals surface area contributed by atoms with Crippen LogP contribution in [0.3, 0.4) is 0 Å². The molecule has 2 fully saturated rings. The van der Waals surface area contributed by atoms with Gasteiger partial charge in [0.25, 0.3) is 5.69 Å². The van der Waals surface area contributed by atoms with Crippen molar-refractivity contribution in [1.29, 1.82) is 0 Å². The number of rotatable bonds is 3. The van der Waals surface area contributed by atoms with Gasteiger partial charge in [-0.2, -0.15) is 4.31 Å². The van der Waals surface area contributed by atoms with E-state index >= 15 is 0 Å². The van der Waals surface area contributed by atoms with Gasteiger partial charge in [0.05, 0.1) is 9.82 Å². The van der Waals surface area contributed by atoms with E-state index in [-0.39, 0.29) is 16.6 Å². The lowest BCUT2D eigenvalue weighted by molar-refractivity contribution is -0.384. The standard InChI is InChI=1S/C14H19N3O4S/c15-12-2-1-10-8-16(9-11(10)7-12)22(20,21)14-5-3-13(4-6-14)17(18)19/h3-6,10-12H,1-2,7-9,15H2. The predicted molar refractivity (Wildman–Crippen MR) is 80.7 cm³/mol. The molecule has 3 atom stereocenters. The van der Waals surface area contributed by atoms with E-state index in [1.807, 2.05) is 0 Å². The quantitative estimate of drug-likeness (QED) is 0.666. The largest absolute Gasteiger partial charge is 0.328 e. The Morgan fingerprint density at radius 2 is 1.77 bits per heavy atom. The Bertz CT molecular complexity index is 674. The molecule has 3 unspecified atom stereocenters. The highest BCUT2D eigenvalue weighted by Gasteiger charge is 2.41. The van der Waals surface area contributed by atoms with Gasteiger partial charge < -0.3 is 5.73 Å². The highest BCUT2D eigenvalue weighted by Crippen LogP contribution is 2.38. The zero-order valence-corrected chi connectivity index (χ0v) is 12.9. The normalized spacial score (nSPS) is 29.2. The van der Waals surface area contributed by atoms with E-state index in [4.69, 9.17) is 5.73 Å². The molecular formula is C14H19N3O4S. The fraction of sp³-hybridized carbons (Fsp3) is 0.571. The first-order chi connectivity index (χ1) is 10.4. The Kier molecular flexibility index (Phi) is 3.92. The molecule has 0 amide bonds. The molecule has 1 aliphatic heterocycles. The van der Waals surface area contributed by atoms with Crippen LogP contribution in [0.1, 0.15) is 19.3 Å². The number of non-ortho nitro benzene ring substituents is 1. The number of nitrogens with zero attached hydrogens (tertiary/aromatic N) is 2. The van der Waals surface area contributed by atoms with Gasteiger partial charge in [-0.15, -0.1) is 0 Å². The summed E-state index contributed by atoms with van der Waals surface area (Å²) in [5.41, 5.74) is 5.86. The molecule has 0 radical (unpaired) electrons. The van der Waals surface area contributed by atoms with Crippen molar-refractivity contribution >= 4 is 15.7 Å². The molecule has 1 heterocycles. The van der Waals surface area contributed by atoms with Crippen LogP contribution in [0.15, 0.2) is 29.2 Å². The lowest BCUT2D eigenvalue weighted by Crippen LogP contribution is -2.32. The SMILES string of the molecule is NC1CCC2CN(S(=O)(=O)c3ccc([N+](=O)[O-])cc3)CC2C1. The van der Waals surface area contributed by atoms with E-state index in [2.05, 4.69) is 0 Å². The molecule has 1 saturated carbocycles. The van der Waals surface area contributed by atoms with Crippen LogP contribution < -0.4 is 5.73 Å². The predicted octanol–water partition coefficient (Wildman–Crippen LogP) is 1.34. The summed E-state index contributed by atoms with van der Waals surface area (Å²) in [7, 11) is -3.59. The Morgan fingerprint density at radius 1 is 1.14 bits per heavy atom. The van der Waals surface area contributed by atoms with Crippen LogP contribution in [0.2, 0.25) is 0 Å². The van der Waals surface area contributed by atoms with Gasteiger partial charge in [0.2, 0.25) is 10.0 Å². The van der Waals surface area contributed by atoms with Crippen molar-refractivity contribution in [2.75, 3.05) is 13.1 Å². The molecule has 2 aliphatic rings. The average Bonchev–Trinajstić information content (AvgIpc) is 2.91. The number of hydrogen-bond acceptors (Lipinski definition) is 5. The summed E-state index contributed by atoms with van der Waals surface area (Å²) in [6.45, 7) is 1.02. The van der Waals surface area contributed by atoms with Crippen LogP contribution in [0.5, 0.6) is 0 Å². The van der Waals surface area contributed by atoms with Crippen molar-refractivity contribution < 1.29 is 13.3 Å². The van der Waals surface area contributed by atoms with Gasteiger partial charge in [-0.1, -0.05) is 0 Å². The van der Waals surface area contributed by atoms with Crippen LogP contribution >= 0.6 is 0 Å². The number of benzene rings is 1. The number of hydrogen-bond donors (Lipinski definition) is 1. The summed E-state index contributed by atoms with van der Waals surface area (Å²) in [4.78, 5) is 10.2. The molecule has 0 aromatic heterocycles. The van der Waals surface area contributed by atoms with E-state index in [1.54, 1.807) is 0 Å². The maximum Gasteiger partial charge on any atom is 0.269 e. The molecule has 0 spiro atoms. The van der Waals surface area contributed by atoms with Crippen molar-refractivity contribution in [3.05, 3.63) is 34.4 Å². The molecule has 1 aliphatic carbocycles. The average molecular weight is 325 g/mol. The second kappa shape index (κ2) is 5.60. The minimum Gasteiger partial charge on any atom is -0.328 e. The Balaban J connectivity index is 1.80. The molecular weight excluding hydrogens is 306 g/mol. The van der Waals surface area contributed by atoms with Crippen LogP contribution in [0, 0.1) is 22.0 Å². The van der Waals surface area contributed by atoms with Crippen molar-refractivity contribution in [3.63, 3.8) is 0 Å². The molecule has 3 rings (SSSR count). The minimum absolute atomic E-state index is 0.111. The summed E-state index contributed by atoms with van der Waals surface area (Å²) in [5, 5.41) is 10.7. The third-order valence-electron chi connectivity index (χ3n) is 4.74. The number of sulfonamides is 1. The number of nitro benzene ring substituents is 1. The van der Waals surface area contributed by atoms with Gasteiger partial charge >= 0.3 is 0 Å². The number of fused-ring (bicyclic) bond motifs is 1. The first-order valence-electron chi connectivity index (χ1n) is 7.38. The molecule has 0 bridgehead atoms. The van der Waals surface area contributed by atoms with Crippen LogP contribution in [-0.4, -0.2) is 36.8 Å². The zero-order valence-electron chi connectivity index (χ0n) is 12.1. The Hall–Kier alpha value is -1.51. The van der Waals surface area contributed by atoms with Gasteiger partial charge in [-0.25, -0.2) is 8.42 Å². The Labute approximate surface area is 129 Å². The third kappa shape index (κ3) is 2.73. The molecule has 120 valence electrons. The molecule has 1 saturated heterocycles. The van der Waals surface area contributed by atoms with Gasteiger partial charge in [0.15, 0.2) is 0 Å². The number of nitrogens with two attached hydrogens (primary N) is 1. The maximum absolute atomic E-state index is 12.7. The first-order valence-corrected chi connectivity index (χ1v) is 8.82. The van der Waals surface area contributed by atoms with E-state index in [0.717, 1.165) is 19.3 Å². The van der Waals surface area contributed by atoms with E-state index in [9.17, 15) is 18.5 Å². The van der Waals surface area contributed by atoms with Gasteiger partial charge in [0.1, 0.15) is 0 Å². The molecule has 8 heteroatoms.